The van der Waals surface area contributed by atoms with E-state index in [9.17, 15) is 31.9 Å². The Balaban J connectivity index is 1.34. The van der Waals surface area contributed by atoms with Gasteiger partial charge in [0.1, 0.15) is 11.9 Å². The Bertz CT molecular complexity index is 1250. The van der Waals surface area contributed by atoms with Gasteiger partial charge < -0.3 is 16.0 Å². The van der Waals surface area contributed by atoms with E-state index in [0.29, 0.717) is 62.3 Å². The minimum atomic E-state index is -4.67. The number of nitrogens with zero attached hydrogens (tertiary/aromatic N) is 1. The number of hydrogen-bond acceptors (Lipinski definition) is 3. The molecule has 0 aromatic heterocycles. The smallest absolute Gasteiger partial charge is 0.369 e. The molecule has 0 unspecified atom stereocenters. The first-order valence-corrected chi connectivity index (χ1v) is 12.4. The van der Waals surface area contributed by atoms with Crippen LogP contribution < -0.4 is 11.1 Å². The maximum atomic E-state index is 14.7. The summed E-state index contributed by atoms with van der Waals surface area (Å²) in [6, 6.07) is 7.51. The zero-order chi connectivity index (χ0) is 26.5. The summed E-state index contributed by atoms with van der Waals surface area (Å²) in [7, 11) is 0. The first-order valence-electron chi connectivity index (χ1n) is 12.4. The maximum Gasteiger partial charge on any atom is 0.416 e. The maximum absolute atomic E-state index is 14.7. The van der Waals surface area contributed by atoms with Gasteiger partial charge in [0.2, 0.25) is 11.8 Å². The molecule has 2 aromatic carbocycles. The molecule has 10 heteroatoms. The van der Waals surface area contributed by atoms with E-state index in [-0.39, 0.29) is 17.4 Å². The van der Waals surface area contributed by atoms with E-state index in [2.05, 4.69) is 5.32 Å². The van der Waals surface area contributed by atoms with Crippen LogP contribution in [0.25, 0.3) is 0 Å². The molecule has 3 amide bonds. The highest BCUT2D eigenvalue weighted by Gasteiger charge is 2.50. The van der Waals surface area contributed by atoms with Crippen molar-refractivity contribution in [2.75, 3.05) is 6.54 Å². The van der Waals surface area contributed by atoms with E-state index >= 15 is 0 Å². The number of nitrogens with two attached hydrogens (primary N) is 1. The van der Waals surface area contributed by atoms with Gasteiger partial charge in [0.15, 0.2) is 0 Å². The number of hydrogen-bond donors (Lipinski definition) is 2. The highest BCUT2D eigenvalue weighted by molar-refractivity contribution is 5.99. The zero-order valence-electron chi connectivity index (χ0n) is 20.0. The molecule has 1 heterocycles. The first kappa shape index (κ1) is 25.2. The van der Waals surface area contributed by atoms with E-state index in [0.717, 1.165) is 12.1 Å². The molecule has 1 aliphatic heterocycles. The lowest BCUT2D eigenvalue weighted by Crippen LogP contribution is -2.47. The quantitative estimate of drug-likeness (QED) is 0.539. The van der Waals surface area contributed by atoms with Gasteiger partial charge in [-0.25, -0.2) is 4.39 Å². The van der Waals surface area contributed by atoms with Gasteiger partial charge in [-0.3, -0.25) is 14.4 Å². The van der Waals surface area contributed by atoms with Crippen LogP contribution in [0, 0.1) is 11.7 Å². The summed E-state index contributed by atoms with van der Waals surface area (Å²) < 4.78 is 53.7. The third kappa shape index (κ3) is 4.81. The molecule has 2 aromatic rings. The third-order valence-electron chi connectivity index (χ3n) is 7.75. The lowest BCUT2D eigenvalue weighted by molar-refractivity contribution is -0.137. The number of rotatable bonds is 7. The molecule has 2 saturated carbocycles. The van der Waals surface area contributed by atoms with Gasteiger partial charge in [-0.15, -0.1) is 0 Å². The van der Waals surface area contributed by atoms with E-state index in [1.807, 2.05) is 0 Å². The molecule has 0 bridgehead atoms. The van der Waals surface area contributed by atoms with Crippen molar-refractivity contribution in [3.63, 3.8) is 0 Å². The van der Waals surface area contributed by atoms with Gasteiger partial charge in [-0.2, -0.15) is 13.2 Å². The van der Waals surface area contributed by atoms with Crippen molar-refractivity contribution in [1.82, 2.24) is 10.2 Å². The number of amides is 3. The van der Waals surface area contributed by atoms with Crippen molar-refractivity contribution in [3.05, 3.63) is 70.5 Å². The Morgan fingerprint density at radius 2 is 1.78 bits per heavy atom. The number of halogens is 4. The molecular formula is C27H27F4N3O3. The van der Waals surface area contributed by atoms with Crippen LogP contribution in [0.2, 0.25) is 0 Å². The van der Waals surface area contributed by atoms with E-state index in [4.69, 9.17) is 5.73 Å². The molecule has 6 nitrogen and oxygen atoms in total. The van der Waals surface area contributed by atoms with Gasteiger partial charge in [-0.05, 0) is 74.3 Å². The van der Waals surface area contributed by atoms with Crippen molar-refractivity contribution in [2.45, 2.75) is 62.2 Å². The normalized spacial score (nSPS) is 21.4. The molecule has 2 atom stereocenters. The van der Waals surface area contributed by atoms with Gasteiger partial charge in [0.05, 0.1) is 17.0 Å². The lowest BCUT2D eigenvalue weighted by Gasteiger charge is -2.27. The predicted molar refractivity (Wildman–Crippen MR) is 126 cm³/mol. The summed E-state index contributed by atoms with van der Waals surface area (Å²) in [5.41, 5.74) is 4.76. The number of primary amides is 1. The van der Waals surface area contributed by atoms with E-state index in [1.54, 1.807) is 24.3 Å². The zero-order valence-corrected chi connectivity index (χ0v) is 20.0. The highest BCUT2D eigenvalue weighted by atomic mass is 19.4. The van der Waals surface area contributed by atoms with Crippen LogP contribution in [0.5, 0.6) is 0 Å². The topological polar surface area (TPSA) is 92.5 Å². The highest BCUT2D eigenvalue weighted by Crippen LogP contribution is 2.48. The van der Waals surface area contributed by atoms with Crippen LogP contribution in [-0.2, 0) is 21.2 Å². The summed E-state index contributed by atoms with van der Waals surface area (Å²) >= 11 is 0. The number of carbonyl (C=O) groups excluding carboxylic acids is 3. The standard InChI is InChI=1S/C27H27F4N3O3/c28-20-14-18(27(29,30)31)8-9-19(20)22(15-6-7-15)33-23(35)21-5-2-12-34(21)24(36)16-3-1-4-17(13-16)26(10-11-26)25(32)37/h1,3-4,8-9,13-15,21-22H,2,5-7,10-12H2,(H2,32,37)(H,33,35)/t21-,22-/m1/s1. The van der Waals surface area contributed by atoms with Gasteiger partial charge >= 0.3 is 6.18 Å². The van der Waals surface area contributed by atoms with Crippen LogP contribution >= 0.6 is 0 Å². The molecule has 2 aliphatic carbocycles. The lowest BCUT2D eigenvalue weighted by atomic mass is 9.93. The first-order chi connectivity index (χ1) is 17.5. The molecule has 3 N–H and O–H groups in total. The van der Waals surface area contributed by atoms with Crippen molar-refractivity contribution >= 4 is 17.7 Å². The van der Waals surface area contributed by atoms with Gasteiger partial charge in [-0.1, -0.05) is 18.2 Å². The predicted octanol–water partition coefficient (Wildman–Crippen LogP) is 4.23. The summed E-state index contributed by atoms with van der Waals surface area (Å²) in [5, 5.41) is 2.82. The molecule has 3 fully saturated rings. The summed E-state index contributed by atoms with van der Waals surface area (Å²) in [6.07, 6.45) is -0.987. The summed E-state index contributed by atoms with van der Waals surface area (Å²) in [6.45, 7) is 0.352. The Hall–Kier alpha value is -3.43. The Morgan fingerprint density at radius 1 is 1.05 bits per heavy atom. The number of likely N-dealkylation sites (tertiary alicyclic amines) is 1. The molecule has 0 radical (unpaired) electrons. The second kappa shape index (κ2) is 9.15. The number of benzene rings is 2. The van der Waals surface area contributed by atoms with Crippen LogP contribution in [0.1, 0.15) is 71.6 Å². The van der Waals surface area contributed by atoms with Crippen molar-refractivity contribution < 1.29 is 31.9 Å². The largest absolute Gasteiger partial charge is 0.416 e. The van der Waals surface area contributed by atoms with Crippen LogP contribution in [-0.4, -0.2) is 35.2 Å². The van der Waals surface area contributed by atoms with Gasteiger partial charge in [0, 0.05) is 17.7 Å². The van der Waals surface area contributed by atoms with Crippen LogP contribution in [0.3, 0.4) is 0 Å². The fourth-order valence-corrected chi connectivity index (χ4v) is 5.28. The minimum Gasteiger partial charge on any atom is -0.369 e. The summed E-state index contributed by atoms with van der Waals surface area (Å²) in [4.78, 5) is 40.1. The van der Waals surface area contributed by atoms with Crippen LogP contribution in [0.15, 0.2) is 42.5 Å². The van der Waals surface area contributed by atoms with Gasteiger partial charge in [0.25, 0.3) is 5.91 Å². The number of alkyl halides is 3. The van der Waals surface area contributed by atoms with E-state index < -0.39 is 46.9 Å². The molecule has 5 rings (SSSR count). The molecule has 196 valence electrons. The summed E-state index contributed by atoms with van der Waals surface area (Å²) in [5.74, 6) is -2.36. The average Bonchev–Trinajstić information content (AvgIpc) is 3.79. The minimum absolute atomic E-state index is 0.00797. The van der Waals surface area contributed by atoms with Crippen molar-refractivity contribution in [1.29, 1.82) is 0 Å². The van der Waals surface area contributed by atoms with Crippen LogP contribution in [0.4, 0.5) is 17.6 Å². The fraction of sp³-hybridized carbons (Fsp3) is 0.444. The number of nitrogens with one attached hydrogen (secondary N) is 1. The molecule has 37 heavy (non-hydrogen) atoms. The monoisotopic (exact) mass is 517 g/mol. The van der Waals surface area contributed by atoms with Crippen molar-refractivity contribution in [3.8, 4) is 0 Å². The third-order valence-corrected chi connectivity index (χ3v) is 7.75. The van der Waals surface area contributed by atoms with E-state index in [1.165, 1.54) is 4.90 Å². The Kier molecular flexibility index (Phi) is 6.24. The second-order valence-corrected chi connectivity index (χ2v) is 10.2. The second-order valence-electron chi connectivity index (χ2n) is 10.2. The Labute approximate surface area is 211 Å². The molecular weight excluding hydrogens is 490 g/mol. The molecule has 0 spiro atoms. The number of carbonyl (C=O) groups is 3. The van der Waals surface area contributed by atoms with Crippen molar-refractivity contribution in [2.24, 2.45) is 11.7 Å². The fourth-order valence-electron chi connectivity index (χ4n) is 5.28. The Morgan fingerprint density at radius 3 is 2.38 bits per heavy atom. The SMILES string of the molecule is NC(=O)C1(c2cccc(C(=O)N3CCC[C@@H]3C(=O)N[C@@H](c3ccc(C(F)(F)F)cc3F)C3CC3)c2)CC1. The average molecular weight is 518 g/mol. The molecule has 1 saturated heterocycles. The molecule has 3 aliphatic rings.